The predicted molar refractivity (Wildman–Crippen MR) is 99.9 cm³/mol. The van der Waals surface area contributed by atoms with Crippen molar-refractivity contribution in [3.05, 3.63) is 89.2 Å². The van der Waals surface area contributed by atoms with Crippen molar-refractivity contribution < 1.29 is 4.79 Å². The number of urea groups is 1. The van der Waals surface area contributed by atoms with Crippen LogP contribution in [0.25, 0.3) is 0 Å². The minimum Gasteiger partial charge on any atom is -0.348 e. The summed E-state index contributed by atoms with van der Waals surface area (Å²) in [5.41, 5.74) is 2.95. The number of para-hydroxylation sites is 1. The third-order valence-electron chi connectivity index (χ3n) is 4.51. The molecule has 0 radical (unpaired) electrons. The molecular weight excluding hydrogens is 334 g/mol. The van der Waals surface area contributed by atoms with Gasteiger partial charge in [-0.1, -0.05) is 41.9 Å². The Labute approximate surface area is 151 Å². The van der Waals surface area contributed by atoms with Crippen LogP contribution in [0.5, 0.6) is 0 Å². The minimum absolute atomic E-state index is 0.0985. The summed E-state index contributed by atoms with van der Waals surface area (Å²) in [5, 5.41) is 3.69. The number of carbonyl (C=O) groups is 1. The maximum absolute atomic E-state index is 12.9. The molecule has 4 nitrogen and oxygen atoms in total. The van der Waals surface area contributed by atoms with Crippen LogP contribution in [0.2, 0.25) is 5.02 Å². The Balaban J connectivity index is 1.68. The van der Waals surface area contributed by atoms with Gasteiger partial charge in [-0.25, -0.2) is 4.79 Å². The number of hydrogen-bond acceptors (Lipinski definition) is 1. The van der Waals surface area contributed by atoms with Crippen molar-refractivity contribution in [2.45, 2.75) is 12.6 Å². The van der Waals surface area contributed by atoms with E-state index in [1.54, 1.807) is 0 Å². The van der Waals surface area contributed by atoms with Crippen LogP contribution in [0.1, 0.15) is 17.3 Å². The number of benzene rings is 2. The Bertz CT molecular complexity index is 873. The van der Waals surface area contributed by atoms with Crippen LogP contribution >= 0.6 is 11.6 Å². The van der Waals surface area contributed by atoms with Crippen LogP contribution in [0.3, 0.4) is 0 Å². The molecule has 25 heavy (non-hydrogen) atoms. The predicted octanol–water partition coefficient (Wildman–Crippen LogP) is 4.78. The van der Waals surface area contributed by atoms with Gasteiger partial charge in [0.15, 0.2) is 0 Å². The Kier molecular flexibility index (Phi) is 4.20. The third-order valence-corrected chi connectivity index (χ3v) is 4.76. The summed E-state index contributed by atoms with van der Waals surface area (Å²) in [6, 6.07) is 21.1. The molecule has 1 N–H and O–H groups in total. The molecule has 2 aromatic carbocycles. The summed E-state index contributed by atoms with van der Waals surface area (Å²) in [6.07, 6.45) is 2.06. The number of anilines is 1. The molecule has 5 heteroatoms. The van der Waals surface area contributed by atoms with Gasteiger partial charge in [-0.2, -0.15) is 0 Å². The van der Waals surface area contributed by atoms with Crippen molar-refractivity contribution in [2.24, 2.45) is 0 Å². The average Bonchev–Trinajstić information content (AvgIpc) is 3.11. The first-order valence-electron chi connectivity index (χ1n) is 8.25. The molecule has 2 heterocycles. The fourth-order valence-electron chi connectivity index (χ4n) is 3.31. The van der Waals surface area contributed by atoms with Crippen molar-refractivity contribution in [2.75, 3.05) is 11.9 Å². The van der Waals surface area contributed by atoms with Gasteiger partial charge in [-0.05, 0) is 42.0 Å². The topological polar surface area (TPSA) is 37.3 Å². The summed E-state index contributed by atoms with van der Waals surface area (Å²) < 4.78 is 2.20. The molecule has 1 atom stereocenters. The molecule has 4 rings (SSSR count). The molecule has 1 aliphatic rings. The lowest BCUT2D eigenvalue weighted by atomic mass is 10.0. The van der Waals surface area contributed by atoms with E-state index in [9.17, 15) is 4.79 Å². The normalized spacial score (nSPS) is 16.4. The maximum atomic E-state index is 12.9. The van der Waals surface area contributed by atoms with Gasteiger partial charge in [0.1, 0.15) is 0 Å². The van der Waals surface area contributed by atoms with Crippen LogP contribution in [-0.2, 0) is 6.54 Å². The standard InChI is InChI=1S/C20H18ClN3O/c21-16-10-8-15(9-11-16)19-18-7-4-12-23(18)13-14-24(19)20(25)22-17-5-2-1-3-6-17/h1-12,19H,13-14H2,(H,22,25). The molecule has 1 aromatic heterocycles. The van der Waals surface area contributed by atoms with E-state index in [1.165, 1.54) is 0 Å². The fourth-order valence-corrected chi connectivity index (χ4v) is 3.44. The molecule has 0 spiro atoms. The highest BCUT2D eigenvalue weighted by Gasteiger charge is 2.32. The highest BCUT2D eigenvalue weighted by atomic mass is 35.5. The summed E-state index contributed by atoms with van der Waals surface area (Å²) in [7, 11) is 0. The molecule has 2 amide bonds. The molecule has 0 saturated carbocycles. The molecular formula is C20H18ClN3O. The summed E-state index contributed by atoms with van der Waals surface area (Å²) in [4.78, 5) is 14.8. The number of carbonyl (C=O) groups excluding carboxylic acids is 1. The van der Waals surface area contributed by atoms with Crippen molar-refractivity contribution >= 4 is 23.3 Å². The van der Waals surface area contributed by atoms with Gasteiger partial charge in [-0.15, -0.1) is 0 Å². The number of rotatable bonds is 2. The van der Waals surface area contributed by atoms with Crippen molar-refractivity contribution in [1.82, 2.24) is 9.47 Å². The second-order valence-corrected chi connectivity index (χ2v) is 6.51. The molecule has 126 valence electrons. The lowest BCUT2D eigenvalue weighted by Crippen LogP contribution is -2.44. The van der Waals surface area contributed by atoms with Gasteiger partial charge in [0.2, 0.25) is 0 Å². The van der Waals surface area contributed by atoms with Gasteiger partial charge in [-0.3, -0.25) is 0 Å². The number of aromatic nitrogens is 1. The summed E-state index contributed by atoms with van der Waals surface area (Å²) in [5.74, 6) is 0. The van der Waals surface area contributed by atoms with Crippen LogP contribution in [0, 0.1) is 0 Å². The Morgan fingerprint density at radius 3 is 2.48 bits per heavy atom. The third kappa shape index (κ3) is 3.13. The lowest BCUT2D eigenvalue weighted by Gasteiger charge is -2.37. The Morgan fingerprint density at radius 2 is 1.72 bits per heavy atom. The van der Waals surface area contributed by atoms with E-state index in [-0.39, 0.29) is 12.1 Å². The van der Waals surface area contributed by atoms with Crippen LogP contribution < -0.4 is 5.32 Å². The number of fused-ring (bicyclic) bond motifs is 1. The monoisotopic (exact) mass is 351 g/mol. The number of hydrogen-bond donors (Lipinski definition) is 1. The van der Waals surface area contributed by atoms with E-state index >= 15 is 0 Å². The number of nitrogens with zero attached hydrogens (tertiary/aromatic N) is 2. The zero-order chi connectivity index (χ0) is 17.2. The summed E-state index contributed by atoms with van der Waals surface area (Å²) >= 11 is 6.04. The van der Waals surface area contributed by atoms with Crippen molar-refractivity contribution in [1.29, 1.82) is 0 Å². The highest BCUT2D eigenvalue weighted by molar-refractivity contribution is 6.30. The minimum atomic E-state index is -0.135. The van der Waals surface area contributed by atoms with E-state index in [4.69, 9.17) is 11.6 Å². The zero-order valence-corrected chi connectivity index (χ0v) is 14.4. The smallest absolute Gasteiger partial charge is 0.322 e. The molecule has 0 fully saturated rings. The molecule has 3 aromatic rings. The van der Waals surface area contributed by atoms with Crippen LogP contribution in [0.15, 0.2) is 72.9 Å². The van der Waals surface area contributed by atoms with Gasteiger partial charge in [0.05, 0.1) is 6.04 Å². The fraction of sp³-hybridized carbons (Fsp3) is 0.150. The number of nitrogens with one attached hydrogen (secondary N) is 1. The largest absolute Gasteiger partial charge is 0.348 e. The van der Waals surface area contributed by atoms with E-state index in [0.717, 1.165) is 23.5 Å². The van der Waals surface area contributed by atoms with E-state index in [0.29, 0.717) is 11.6 Å². The van der Waals surface area contributed by atoms with E-state index < -0.39 is 0 Å². The van der Waals surface area contributed by atoms with Gasteiger partial charge in [0, 0.05) is 35.7 Å². The van der Waals surface area contributed by atoms with Gasteiger partial charge >= 0.3 is 6.03 Å². The van der Waals surface area contributed by atoms with E-state index in [1.807, 2.05) is 65.6 Å². The van der Waals surface area contributed by atoms with Gasteiger partial charge < -0.3 is 14.8 Å². The molecule has 0 saturated heterocycles. The second kappa shape index (κ2) is 6.65. The second-order valence-electron chi connectivity index (χ2n) is 6.07. The highest BCUT2D eigenvalue weighted by Crippen LogP contribution is 2.33. The van der Waals surface area contributed by atoms with Gasteiger partial charge in [0.25, 0.3) is 0 Å². The average molecular weight is 352 g/mol. The number of amides is 2. The number of halogens is 1. The van der Waals surface area contributed by atoms with Crippen molar-refractivity contribution in [3.8, 4) is 0 Å². The molecule has 1 unspecified atom stereocenters. The Morgan fingerprint density at radius 1 is 0.960 bits per heavy atom. The first kappa shape index (κ1) is 15.8. The Hall–Kier alpha value is -2.72. The lowest BCUT2D eigenvalue weighted by molar-refractivity contribution is 0.182. The first-order chi connectivity index (χ1) is 12.2. The van der Waals surface area contributed by atoms with Crippen LogP contribution in [0.4, 0.5) is 10.5 Å². The summed E-state index contributed by atoms with van der Waals surface area (Å²) in [6.45, 7) is 1.43. The molecule has 1 aliphatic heterocycles. The van der Waals surface area contributed by atoms with Crippen molar-refractivity contribution in [3.63, 3.8) is 0 Å². The zero-order valence-electron chi connectivity index (χ0n) is 13.6. The first-order valence-corrected chi connectivity index (χ1v) is 8.63. The maximum Gasteiger partial charge on any atom is 0.322 e. The SMILES string of the molecule is O=C(Nc1ccccc1)N1CCn2cccc2C1c1ccc(Cl)cc1. The van der Waals surface area contributed by atoms with E-state index in [2.05, 4.69) is 22.1 Å². The molecule has 0 aliphatic carbocycles. The van der Waals surface area contributed by atoms with Crippen LogP contribution in [-0.4, -0.2) is 22.0 Å². The molecule has 0 bridgehead atoms. The quantitative estimate of drug-likeness (QED) is 0.709.